The number of carbonyl (C=O) groups is 1. The molecule has 0 spiro atoms. The Morgan fingerprint density at radius 1 is 1.14 bits per heavy atom. The van der Waals surface area contributed by atoms with Gasteiger partial charge in [-0.25, -0.2) is 4.72 Å². The molecule has 1 aliphatic heterocycles. The molecule has 2 atom stereocenters. The Labute approximate surface area is 127 Å². The number of nitrogens with one attached hydrogen (secondary N) is 1. The van der Waals surface area contributed by atoms with Crippen molar-refractivity contribution < 1.29 is 13.2 Å². The van der Waals surface area contributed by atoms with Crippen LogP contribution < -0.4 is 10.5 Å². The first-order chi connectivity index (χ1) is 9.86. The minimum atomic E-state index is -3.76. The van der Waals surface area contributed by atoms with E-state index in [2.05, 4.69) is 4.72 Å². The highest BCUT2D eigenvalue weighted by Gasteiger charge is 2.57. The second-order valence-corrected chi connectivity index (χ2v) is 8.24. The summed E-state index contributed by atoms with van der Waals surface area (Å²) in [6.07, 6.45) is 9.16. The third kappa shape index (κ3) is 4.17. The van der Waals surface area contributed by atoms with E-state index in [1.165, 1.54) is 30.6 Å². The van der Waals surface area contributed by atoms with Gasteiger partial charge in [0.15, 0.2) is 0 Å². The highest BCUT2D eigenvalue weighted by Crippen LogP contribution is 2.45. The molecular formula is C14H27N3O3S. The third-order valence-electron chi connectivity index (χ3n) is 4.73. The molecule has 1 saturated carbocycles. The van der Waals surface area contributed by atoms with Crippen molar-refractivity contribution in [3.63, 3.8) is 0 Å². The molecule has 0 aromatic rings. The zero-order valence-electron chi connectivity index (χ0n) is 12.8. The summed E-state index contributed by atoms with van der Waals surface area (Å²) in [7, 11) is -2.26. The Kier molecular flexibility index (Phi) is 5.27. The van der Waals surface area contributed by atoms with Gasteiger partial charge in [-0.15, -0.1) is 0 Å². The molecule has 2 aliphatic rings. The van der Waals surface area contributed by atoms with E-state index in [0.717, 1.165) is 32.1 Å². The van der Waals surface area contributed by atoms with Crippen molar-refractivity contribution >= 4 is 16.1 Å². The van der Waals surface area contributed by atoms with Crippen LogP contribution in [0.2, 0.25) is 0 Å². The predicted molar refractivity (Wildman–Crippen MR) is 81.7 cm³/mol. The molecule has 122 valence electrons. The molecule has 1 amide bonds. The smallest absolute Gasteiger partial charge is 0.303 e. The molecule has 1 aliphatic carbocycles. The number of hydrogen-bond acceptors (Lipinski definition) is 4. The summed E-state index contributed by atoms with van der Waals surface area (Å²) in [6, 6.07) is 0. The molecule has 2 fully saturated rings. The summed E-state index contributed by atoms with van der Waals surface area (Å²) in [5.41, 5.74) is 5.07. The number of fused-ring (bicyclic) bond motifs is 1. The van der Waals surface area contributed by atoms with Crippen LogP contribution in [0.15, 0.2) is 0 Å². The van der Waals surface area contributed by atoms with Crippen LogP contribution in [0.1, 0.15) is 57.8 Å². The summed E-state index contributed by atoms with van der Waals surface area (Å²) in [4.78, 5) is 12.1. The van der Waals surface area contributed by atoms with E-state index in [0.29, 0.717) is 13.0 Å². The van der Waals surface area contributed by atoms with Gasteiger partial charge in [0.2, 0.25) is 0 Å². The Morgan fingerprint density at radius 3 is 2.38 bits per heavy atom. The number of nitrogens with zero attached hydrogens (tertiary/aromatic N) is 1. The lowest BCUT2D eigenvalue weighted by Crippen LogP contribution is -2.50. The average Bonchev–Trinajstić information content (AvgIpc) is 3.07. The largest absolute Gasteiger partial charge is 0.317 e. The van der Waals surface area contributed by atoms with Crippen LogP contribution in [-0.2, 0) is 15.0 Å². The van der Waals surface area contributed by atoms with Gasteiger partial charge in [-0.05, 0) is 25.2 Å². The van der Waals surface area contributed by atoms with Crippen LogP contribution in [0.25, 0.3) is 0 Å². The maximum absolute atomic E-state index is 12.1. The van der Waals surface area contributed by atoms with E-state index >= 15 is 0 Å². The minimum Gasteiger partial charge on any atom is -0.317 e. The maximum atomic E-state index is 12.1. The lowest BCUT2D eigenvalue weighted by Gasteiger charge is -2.19. The fourth-order valence-electron chi connectivity index (χ4n) is 3.01. The SMILES string of the molecule is CN1CCCCCCCCC[C@@H]2C[C@]2(N)C(=O)NS1(=O)=O. The Hall–Kier alpha value is -0.660. The number of rotatable bonds is 0. The number of carbonyl (C=O) groups excluding carboxylic acids is 1. The van der Waals surface area contributed by atoms with Crippen LogP contribution >= 0.6 is 0 Å². The molecule has 0 unspecified atom stereocenters. The quantitative estimate of drug-likeness (QED) is 0.700. The van der Waals surface area contributed by atoms with E-state index < -0.39 is 21.7 Å². The molecule has 0 aromatic heterocycles. The maximum Gasteiger partial charge on any atom is 0.303 e. The van der Waals surface area contributed by atoms with Crippen LogP contribution in [0.3, 0.4) is 0 Å². The number of amides is 1. The molecule has 6 nitrogen and oxygen atoms in total. The van der Waals surface area contributed by atoms with Gasteiger partial charge in [0.25, 0.3) is 5.91 Å². The van der Waals surface area contributed by atoms with Gasteiger partial charge >= 0.3 is 10.2 Å². The zero-order valence-corrected chi connectivity index (χ0v) is 13.6. The van der Waals surface area contributed by atoms with Crippen molar-refractivity contribution in [3.05, 3.63) is 0 Å². The van der Waals surface area contributed by atoms with Gasteiger partial charge in [-0.2, -0.15) is 12.7 Å². The van der Waals surface area contributed by atoms with Gasteiger partial charge in [0.05, 0.1) is 5.54 Å². The normalized spacial score (nSPS) is 35.9. The molecule has 0 bridgehead atoms. The lowest BCUT2D eigenvalue weighted by atomic mass is 10.0. The van der Waals surface area contributed by atoms with Crippen molar-refractivity contribution in [1.29, 1.82) is 0 Å². The summed E-state index contributed by atoms with van der Waals surface area (Å²) < 4.78 is 27.5. The molecule has 7 heteroatoms. The molecule has 0 radical (unpaired) electrons. The van der Waals surface area contributed by atoms with Crippen molar-refractivity contribution in [2.24, 2.45) is 11.7 Å². The van der Waals surface area contributed by atoms with Crippen LogP contribution in [0.4, 0.5) is 0 Å². The molecule has 2 rings (SSSR count). The summed E-state index contributed by atoms with van der Waals surface area (Å²) in [5, 5.41) is 0. The highest BCUT2D eigenvalue weighted by atomic mass is 32.2. The third-order valence-corrected chi connectivity index (χ3v) is 6.18. The topological polar surface area (TPSA) is 92.5 Å². The Bertz CT molecular complexity index is 480. The summed E-state index contributed by atoms with van der Waals surface area (Å²) in [6.45, 7) is 0.434. The number of hydrogen-bond donors (Lipinski definition) is 2. The van der Waals surface area contributed by atoms with Crippen molar-refractivity contribution in [2.75, 3.05) is 13.6 Å². The molecule has 0 aromatic carbocycles. The first-order valence-corrected chi connectivity index (χ1v) is 9.38. The second kappa shape index (κ2) is 6.62. The van der Waals surface area contributed by atoms with Gasteiger partial charge in [-0.3, -0.25) is 4.79 Å². The van der Waals surface area contributed by atoms with Crippen LogP contribution in [0, 0.1) is 5.92 Å². The Balaban J connectivity index is 2.02. The highest BCUT2D eigenvalue weighted by molar-refractivity contribution is 7.87. The molecule has 1 saturated heterocycles. The lowest BCUT2D eigenvalue weighted by molar-refractivity contribution is -0.121. The fraction of sp³-hybridized carbons (Fsp3) is 0.929. The summed E-state index contributed by atoms with van der Waals surface area (Å²) in [5.74, 6) is -0.419. The van der Waals surface area contributed by atoms with Gasteiger partial charge in [0.1, 0.15) is 0 Å². The van der Waals surface area contributed by atoms with Crippen molar-refractivity contribution in [3.8, 4) is 0 Å². The Morgan fingerprint density at radius 2 is 1.71 bits per heavy atom. The van der Waals surface area contributed by atoms with Crippen LogP contribution in [0.5, 0.6) is 0 Å². The molecule has 1 heterocycles. The van der Waals surface area contributed by atoms with Gasteiger partial charge < -0.3 is 5.73 Å². The van der Waals surface area contributed by atoms with Gasteiger partial charge in [-0.1, -0.05) is 38.5 Å². The van der Waals surface area contributed by atoms with Crippen molar-refractivity contribution in [2.45, 2.75) is 63.3 Å². The average molecular weight is 317 g/mol. The van der Waals surface area contributed by atoms with E-state index in [1.807, 2.05) is 0 Å². The standard InChI is InChI=1S/C14H27N3O3S/c1-17-10-8-6-4-2-3-5-7-9-12-11-14(12,15)13(18)16-21(17,19)20/h12H,2-11,15H2,1H3,(H,16,18)/t12-,14-/m1/s1. The van der Waals surface area contributed by atoms with Gasteiger partial charge in [0, 0.05) is 13.6 Å². The second-order valence-electron chi connectivity index (χ2n) is 6.46. The first-order valence-electron chi connectivity index (χ1n) is 7.93. The monoisotopic (exact) mass is 317 g/mol. The van der Waals surface area contributed by atoms with E-state index in [1.54, 1.807) is 0 Å². The van der Waals surface area contributed by atoms with Crippen LogP contribution in [-0.4, -0.2) is 37.8 Å². The molecule has 21 heavy (non-hydrogen) atoms. The zero-order chi connectivity index (χ0) is 15.5. The van der Waals surface area contributed by atoms with E-state index in [-0.39, 0.29) is 5.92 Å². The predicted octanol–water partition coefficient (Wildman–Crippen LogP) is 1.13. The summed E-state index contributed by atoms with van der Waals surface area (Å²) >= 11 is 0. The number of nitrogens with two attached hydrogens (primary N) is 1. The first kappa shape index (κ1) is 16.7. The molecular weight excluding hydrogens is 290 g/mol. The van der Waals surface area contributed by atoms with E-state index in [4.69, 9.17) is 5.73 Å². The minimum absolute atomic E-state index is 0.128. The van der Waals surface area contributed by atoms with Crippen molar-refractivity contribution in [1.82, 2.24) is 9.03 Å². The molecule has 3 N–H and O–H groups in total. The fourth-order valence-corrected chi connectivity index (χ4v) is 3.96. The van der Waals surface area contributed by atoms with E-state index in [9.17, 15) is 13.2 Å².